The van der Waals surface area contributed by atoms with Gasteiger partial charge in [0.2, 0.25) is 15.9 Å². The molecule has 0 atom stereocenters. The molecule has 0 bridgehead atoms. The summed E-state index contributed by atoms with van der Waals surface area (Å²) in [5, 5.41) is 18.8. The van der Waals surface area contributed by atoms with Crippen LogP contribution in [0.15, 0.2) is 41.3 Å². The first-order valence-electron chi connectivity index (χ1n) is 10.3. The van der Waals surface area contributed by atoms with Gasteiger partial charge in [-0.3, -0.25) is 4.79 Å². The van der Waals surface area contributed by atoms with Gasteiger partial charge in [-0.05, 0) is 51.6 Å². The van der Waals surface area contributed by atoms with E-state index in [2.05, 4.69) is 46.9 Å². The second kappa shape index (κ2) is 9.01. The third kappa shape index (κ3) is 6.80. The quantitative estimate of drug-likeness (QED) is 0.625. The number of carbonyl (C=O) groups is 1. The first-order chi connectivity index (χ1) is 14.1. The van der Waals surface area contributed by atoms with Gasteiger partial charge in [-0.15, -0.1) is 0 Å². The number of rotatable bonds is 6. The van der Waals surface area contributed by atoms with Gasteiger partial charge in [0.1, 0.15) is 5.75 Å². The van der Waals surface area contributed by atoms with Gasteiger partial charge in [-0.1, -0.05) is 65.8 Å². The van der Waals surface area contributed by atoms with Crippen LogP contribution < -0.4 is 10.5 Å². The van der Waals surface area contributed by atoms with Gasteiger partial charge in [-0.2, -0.15) is 0 Å². The molecule has 1 amide bonds. The molecule has 2 aromatic carbocycles. The second-order valence-corrected chi connectivity index (χ2v) is 11.6. The molecule has 0 aliphatic rings. The highest BCUT2D eigenvalue weighted by molar-refractivity contribution is 7.89. The number of nitrogens with two attached hydrogens (primary N) is 1. The number of aryl methyl sites for hydroxylation is 1. The van der Waals surface area contributed by atoms with E-state index in [9.17, 15) is 18.3 Å². The Morgan fingerprint density at radius 3 is 2.00 bits per heavy atom. The van der Waals surface area contributed by atoms with Crippen LogP contribution in [0, 0.1) is 0 Å². The van der Waals surface area contributed by atoms with Gasteiger partial charge in [-0.25, -0.2) is 13.6 Å². The average molecular weight is 447 g/mol. The number of amides is 1. The Morgan fingerprint density at radius 1 is 0.968 bits per heavy atom. The van der Waals surface area contributed by atoms with Crippen molar-refractivity contribution in [3.05, 3.63) is 58.7 Å². The van der Waals surface area contributed by atoms with Crippen LogP contribution >= 0.6 is 0 Å². The Labute approximate surface area is 185 Å². The molecular weight excluding hydrogens is 412 g/mol. The van der Waals surface area contributed by atoms with Gasteiger partial charge in [0, 0.05) is 13.0 Å². The van der Waals surface area contributed by atoms with E-state index in [1.54, 1.807) is 12.1 Å². The largest absolute Gasteiger partial charge is 0.507 e. The third-order valence-corrected chi connectivity index (χ3v) is 6.05. The van der Waals surface area contributed by atoms with E-state index in [1.807, 2.05) is 12.1 Å². The van der Waals surface area contributed by atoms with Crippen molar-refractivity contribution in [2.45, 2.75) is 76.7 Å². The van der Waals surface area contributed by atoms with Gasteiger partial charge >= 0.3 is 0 Å². The molecule has 0 unspecified atom stereocenters. The highest BCUT2D eigenvalue weighted by Crippen LogP contribution is 2.39. The zero-order chi connectivity index (χ0) is 23.6. The van der Waals surface area contributed by atoms with Crippen molar-refractivity contribution in [1.29, 1.82) is 0 Å². The molecule has 170 valence electrons. The molecule has 7 heteroatoms. The van der Waals surface area contributed by atoms with Crippen LogP contribution in [0.2, 0.25) is 0 Å². The lowest BCUT2D eigenvalue weighted by atomic mass is 9.78. The van der Waals surface area contributed by atoms with E-state index in [0.717, 1.165) is 16.7 Å². The van der Waals surface area contributed by atoms with Crippen molar-refractivity contribution >= 4 is 15.9 Å². The van der Waals surface area contributed by atoms with Crippen molar-refractivity contribution in [3.8, 4) is 5.75 Å². The molecule has 0 heterocycles. The Morgan fingerprint density at radius 2 is 1.52 bits per heavy atom. The summed E-state index contributed by atoms with van der Waals surface area (Å²) in [5.41, 5.74) is 2.95. The summed E-state index contributed by atoms with van der Waals surface area (Å²) in [7, 11) is -3.78. The highest BCUT2D eigenvalue weighted by atomic mass is 32.2. The number of phenols is 1. The van der Waals surface area contributed by atoms with Crippen molar-refractivity contribution in [2.75, 3.05) is 0 Å². The first-order valence-corrected chi connectivity index (χ1v) is 11.9. The molecular formula is C24H34N2O4S. The average Bonchev–Trinajstić information content (AvgIpc) is 2.63. The van der Waals surface area contributed by atoms with Gasteiger partial charge in [0.25, 0.3) is 0 Å². The minimum Gasteiger partial charge on any atom is -0.507 e. The number of carbonyl (C=O) groups excluding carboxylic acids is 1. The zero-order valence-corrected chi connectivity index (χ0v) is 20.1. The van der Waals surface area contributed by atoms with E-state index in [1.165, 1.54) is 12.1 Å². The number of benzene rings is 2. The number of hydrogen-bond donors (Lipinski definition) is 3. The van der Waals surface area contributed by atoms with Crippen LogP contribution in [0.4, 0.5) is 0 Å². The van der Waals surface area contributed by atoms with Crippen LogP contribution in [0.3, 0.4) is 0 Å². The minimum atomic E-state index is -3.78. The summed E-state index contributed by atoms with van der Waals surface area (Å²) in [6.45, 7) is 12.6. The summed E-state index contributed by atoms with van der Waals surface area (Å²) in [4.78, 5) is 12.4. The summed E-state index contributed by atoms with van der Waals surface area (Å²) in [5.74, 6) is 0.187. The normalized spacial score (nSPS) is 12.6. The molecule has 0 saturated carbocycles. The lowest BCUT2D eigenvalue weighted by Crippen LogP contribution is -2.23. The fraction of sp³-hybridized carbons (Fsp3) is 0.458. The Kier molecular flexibility index (Phi) is 7.23. The molecule has 0 spiro atoms. The van der Waals surface area contributed by atoms with E-state index in [0.29, 0.717) is 17.7 Å². The predicted molar refractivity (Wildman–Crippen MR) is 123 cm³/mol. The van der Waals surface area contributed by atoms with Gasteiger partial charge in [0.15, 0.2) is 0 Å². The molecule has 2 rings (SSSR count). The monoisotopic (exact) mass is 446 g/mol. The van der Waals surface area contributed by atoms with Crippen molar-refractivity contribution in [1.82, 2.24) is 5.32 Å². The van der Waals surface area contributed by atoms with Gasteiger partial charge in [0.05, 0.1) is 4.90 Å². The summed E-state index contributed by atoms with van der Waals surface area (Å²) < 4.78 is 23.0. The Hall–Kier alpha value is -2.38. The topological polar surface area (TPSA) is 109 Å². The maximum absolute atomic E-state index is 12.4. The number of hydrogen-bond acceptors (Lipinski definition) is 4. The number of primary sulfonamides is 1. The lowest BCUT2D eigenvalue weighted by Gasteiger charge is -2.28. The highest BCUT2D eigenvalue weighted by Gasteiger charge is 2.26. The summed E-state index contributed by atoms with van der Waals surface area (Å²) in [6, 6.07) is 10.2. The van der Waals surface area contributed by atoms with E-state index >= 15 is 0 Å². The molecule has 0 radical (unpaired) electrons. The number of aromatic hydroxyl groups is 1. The maximum Gasteiger partial charge on any atom is 0.238 e. The van der Waals surface area contributed by atoms with Crippen LogP contribution in [0.1, 0.15) is 70.2 Å². The van der Waals surface area contributed by atoms with Crippen LogP contribution in [0.25, 0.3) is 0 Å². The SMILES string of the molecule is CC(C)(C)c1cc(CCC(=O)NCc2cccc(S(N)(=O)=O)c2)cc(C(C)(C)C)c1O. The Bertz CT molecular complexity index is 1030. The van der Waals surface area contributed by atoms with Crippen LogP contribution in [-0.4, -0.2) is 19.4 Å². The second-order valence-electron chi connectivity index (χ2n) is 10.0. The lowest BCUT2D eigenvalue weighted by molar-refractivity contribution is -0.121. The number of phenolic OH excluding ortho intramolecular Hbond substituents is 1. The summed E-state index contributed by atoms with van der Waals surface area (Å²) >= 11 is 0. The Balaban J connectivity index is 2.11. The molecule has 31 heavy (non-hydrogen) atoms. The third-order valence-electron chi connectivity index (χ3n) is 5.14. The van der Waals surface area contributed by atoms with Crippen molar-refractivity contribution < 1.29 is 18.3 Å². The summed E-state index contributed by atoms with van der Waals surface area (Å²) in [6.07, 6.45) is 0.822. The number of nitrogens with one attached hydrogen (secondary N) is 1. The molecule has 0 fully saturated rings. The van der Waals surface area contributed by atoms with E-state index in [4.69, 9.17) is 5.14 Å². The number of sulfonamides is 1. The minimum absolute atomic E-state index is 0.0211. The fourth-order valence-electron chi connectivity index (χ4n) is 3.36. The van der Waals surface area contributed by atoms with E-state index < -0.39 is 10.0 Å². The van der Waals surface area contributed by atoms with Crippen LogP contribution in [0.5, 0.6) is 5.75 Å². The fourth-order valence-corrected chi connectivity index (χ4v) is 3.95. The molecule has 6 nitrogen and oxygen atoms in total. The zero-order valence-electron chi connectivity index (χ0n) is 19.2. The molecule has 0 aliphatic heterocycles. The maximum atomic E-state index is 12.4. The van der Waals surface area contributed by atoms with E-state index in [-0.39, 0.29) is 34.6 Å². The molecule has 4 N–H and O–H groups in total. The van der Waals surface area contributed by atoms with Crippen molar-refractivity contribution in [3.63, 3.8) is 0 Å². The van der Waals surface area contributed by atoms with Crippen LogP contribution in [-0.2, 0) is 38.6 Å². The van der Waals surface area contributed by atoms with Gasteiger partial charge < -0.3 is 10.4 Å². The molecule has 2 aromatic rings. The molecule has 0 aromatic heterocycles. The standard InChI is InChI=1S/C24H34N2O4S/c1-23(2,3)19-13-16(14-20(22(19)28)24(4,5)6)10-11-21(27)26-15-17-8-7-9-18(12-17)31(25,29)30/h7-9,12-14,28H,10-11,15H2,1-6H3,(H,26,27)(H2,25,29,30). The molecule has 0 saturated heterocycles. The van der Waals surface area contributed by atoms with Crippen molar-refractivity contribution in [2.24, 2.45) is 5.14 Å². The predicted octanol–water partition coefficient (Wildman–Crippen LogP) is 3.88. The smallest absolute Gasteiger partial charge is 0.238 e. The first kappa shape index (κ1) is 24.9. The molecule has 0 aliphatic carbocycles.